The molecule has 106 valence electrons. The topological polar surface area (TPSA) is 70.4 Å². The first-order valence-electron chi connectivity index (χ1n) is 6.14. The van der Waals surface area contributed by atoms with Crippen molar-refractivity contribution in [2.75, 3.05) is 19.5 Å². The Balaban J connectivity index is 1.91. The smallest absolute Gasteiger partial charge is 0.227 e. The molecule has 0 fully saturated rings. The van der Waals surface area contributed by atoms with Gasteiger partial charge in [0.15, 0.2) is 11.5 Å². The maximum Gasteiger partial charge on any atom is 0.227 e. The lowest BCUT2D eigenvalue weighted by molar-refractivity contribution is 0.171. The van der Waals surface area contributed by atoms with Crippen LogP contribution in [0.5, 0.6) is 11.5 Å². The number of imidazole rings is 1. The highest BCUT2D eigenvalue weighted by molar-refractivity contribution is 7.90. The first-order valence-corrected chi connectivity index (χ1v) is 8.03. The van der Waals surface area contributed by atoms with Crippen LogP contribution in [0.2, 0.25) is 0 Å². The quantitative estimate of drug-likeness (QED) is 0.848. The molecule has 2 aromatic rings. The summed E-state index contributed by atoms with van der Waals surface area (Å²) in [4.78, 5) is 3.89. The maximum absolute atomic E-state index is 11.6. The molecule has 0 saturated heterocycles. The van der Waals surface area contributed by atoms with E-state index in [2.05, 4.69) is 4.98 Å². The summed E-state index contributed by atoms with van der Waals surface area (Å²) in [6.07, 6.45) is 4.28. The van der Waals surface area contributed by atoms with E-state index in [1.54, 1.807) is 10.8 Å². The molecule has 0 spiro atoms. The Morgan fingerprint density at radius 1 is 1.25 bits per heavy atom. The third-order valence-electron chi connectivity index (χ3n) is 2.97. The number of nitrogens with zero attached hydrogens (tertiary/aromatic N) is 2. The van der Waals surface area contributed by atoms with Gasteiger partial charge in [0.05, 0.1) is 0 Å². The van der Waals surface area contributed by atoms with Gasteiger partial charge in [0.2, 0.25) is 15.0 Å². The maximum atomic E-state index is 11.6. The number of hydrogen-bond acceptors (Lipinski definition) is 5. The first-order chi connectivity index (χ1) is 9.54. The van der Waals surface area contributed by atoms with Gasteiger partial charge in [-0.15, -0.1) is 0 Å². The van der Waals surface area contributed by atoms with Crippen molar-refractivity contribution < 1.29 is 17.9 Å². The predicted molar refractivity (Wildman–Crippen MR) is 71.9 cm³/mol. The summed E-state index contributed by atoms with van der Waals surface area (Å²) < 4.78 is 35.8. The number of ether oxygens (including phenoxy) is 2. The van der Waals surface area contributed by atoms with Crippen molar-refractivity contribution in [3.63, 3.8) is 0 Å². The van der Waals surface area contributed by atoms with Gasteiger partial charge in [0, 0.05) is 25.2 Å². The van der Waals surface area contributed by atoms with E-state index >= 15 is 0 Å². The van der Waals surface area contributed by atoms with Crippen LogP contribution >= 0.6 is 0 Å². The molecule has 0 N–H and O–H groups in total. The highest BCUT2D eigenvalue weighted by Crippen LogP contribution is 2.31. The molecule has 1 aromatic carbocycles. The standard InChI is InChI=1S/C13H14N2O4S/c1-20(16,17)13-14-4-5-15(13)9-10-2-3-11-12(8-10)19-7-6-18-11/h2-5,8H,6-7,9H2,1H3. The van der Waals surface area contributed by atoms with Crippen LogP contribution in [-0.2, 0) is 16.4 Å². The van der Waals surface area contributed by atoms with E-state index in [1.165, 1.54) is 6.20 Å². The minimum Gasteiger partial charge on any atom is -0.486 e. The molecule has 0 saturated carbocycles. The molecule has 1 aromatic heterocycles. The molecule has 2 heterocycles. The molecule has 7 heteroatoms. The highest BCUT2D eigenvalue weighted by atomic mass is 32.2. The van der Waals surface area contributed by atoms with Gasteiger partial charge in [-0.2, -0.15) is 0 Å². The lowest BCUT2D eigenvalue weighted by Crippen LogP contribution is -2.15. The molecule has 1 aliphatic heterocycles. The van der Waals surface area contributed by atoms with Crippen LogP contribution in [0.15, 0.2) is 35.7 Å². The van der Waals surface area contributed by atoms with Crippen molar-refractivity contribution in [3.8, 4) is 11.5 Å². The largest absolute Gasteiger partial charge is 0.486 e. The van der Waals surface area contributed by atoms with Crippen LogP contribution in [0.25, 0.3) is 0 Å². The number of aromatic nitrogens is 2. The summed E-state index contributed by atoms with van der Waals surface area (Å²) in [5.41, 5.74) is 0.928. The zero-order valence-electron chi connectivity index (χ0n) is 10.9. The number of hydrogen-bond donors (Lipinski definition) is 0. The third-order valence-corrected chi connectivity index (χ3v) is 3.97. The molecule has 20 heavy (non-hydrogen) atoms. The lowest BCUT2D eigenvalue weighted by Gasteiger charge is -2.19. The molecule has 0 aliphatic carbocycles. The van der Waals surface area contributed by atoms with E-state index in [4.69, 9.17) is 9.47 Å². The minimum atomic E-state index is -3.33. The first kappa shape index (κ1) is 13.0. The van der Waals surface area contributed by atoms with Gasteiger partial charge >= 0.3 is 0 Å². The molecule has 1 aliphatic rings. The van der Waals surface area contributed by atoms with Crippen molar-refractivity contribution >= 4 is 9.84 Å². The number of sulfone groups is 1. The SMILES string of the molecule is CS(=O)(=O)c1nccn1Cc1ccc2c(c1)OCCO2. The van der Waals surface area contributed by atoms with Gasteiger partial charge in [-0.1, -0.05) is 6.07 Å². The van der Waals surface area contributed by atoms with Crippen LogP contribution < -0.4 is 9.47 Å². The summed E-state index contributed by atoms with van der Waals surface area (Å²) in [7, 11) is -3.33. The lowest BCUT2D eigenvalue weighted by atomic mass is 10.2. The second-order valence-corrected chi connectivity index (χ2v) is 6.50. The average molecular weight is 294 g/mol. The second-order valence-electron chi connectivity index (χ2n) is 4.59. The molecule has 6 nitrogen and oxygen atoms in total. The number of benzene rings is 1. The van der Waals surface area contributed by atoms with Gasteiger partial charge in [0.1, 0.15) is 13.2 Å². The monoisotopic (exact) mass is 294 g/mol. The van der Waals surface area contributed by atoms with Crippen LogP contribution in [0.3, 0.4) is 0 Å². The van der Waals surface area contributed by atoms with Gasteiger partial charge in [-0.3, -0.25) is 0 Å². The van der Waals surface area contributed by atoms with E-state index in [0.717, 1.165) is 11.8 Å². The predicted octanol–water partition coefficient (Wildman–Crippen LogP) is 1.11. The molecular weight excluding hydrogens is 280 g/mol. The third kappa shape index (κ3) is 2.49. The molecule has 0 bridgehead atoms. The fraction of sp³-hybridized carbons (Fsp3) is 0.308. The summed E-state index contributed by atoms with van der Waals surface area (Å²) in [5, 5.41) is 0.0624. The minimum absolute atomic E-state index is 0.0624. The molecule has 3 rings (SSSR count). The number of fused-ring (bicyclic) bond motifs is 1. The normalized spacial score (nSPS) is 14.2. The van der Waals surface area contributed by atoms with Crippen molar-refractivity contribution in [2.45, 2.75) is 11.7 Å². The van der Waals surface area contributed by atoms with Gasteiger partial charge in [-0.25, -0.2) is 13.4 Å². The molecule has 0 unspecified atom stereocenters. The Bertz CT molecular complexity index is 737. The van der Waals surface area contributed by atoms with E-state index in [0.29, 0.717) is 31.3 Å². The van der Waals surface area contributed by atoms with Crippen LogP contribution in [0, 0.1) is 0 Å². The van der Waals surface area contributed by atoms with Crippen molar-refractivity contribution in [1.82, 2.24) is 9.55 Å². The molecular formula is C13H14N2O4S. The van der Waals surface area contributed by atoms with Crippen LogP contribution in [-0.4, -0.2) is 37.4 Å². The van der Waals surface area contributed by atoms with E-state index < -0.39 is 9.84 Å². The molecule has 0 radical (unpaired) electrons. The van der Waals surface area contributed by atoms with E-state index in [1.807, 2.05) is 18.2 Å². The van der Waals surface area contributed by atoms with Crippen molar-refractivity contribution in [2.24, 2.45) is 0 Å². The fourth-order valence-corrected chi connectivity index (χ4v) is 2.93. The van der Waals surface area contributed by atoms with Gasteiger partial charge in [-0.05, 0) is 17.7 Å². The number of rotatable bonds is 3. The Morgan fingerprint density at radius 2 is 2.00 bits per heavy atom. The van der Waals surface area contributed by atoms with E-state index in [-0.39, 0.29) is 5.16 Å². The summed E-state index contributed by atoms with van der Waals surface area (Å²) in [6.45, 7) is 1.49. The van der Waals surface area contributed by atoms with Crippen molar-refractivity contribution in [1.29, 1.82) is 0 Å². The Morgan fingerprint density at radius 3 is 2.75 bits per heavy atom. The summed E-state index contributed by atoms with van der Waals surface area (Å²) in [6, 6.07) is 5.58. The second kappa shape index (κ2) is 4.82. The molecule has 0 atom stereocenters. The van der Waals surface area contributed by atoms with Crippen LogP contribution in [0.4, 0.5) is 0 Å². The zero-order valence-corrected chi connectivity index (χ0v) is 11.8. The highest BCUT2D eigenvalue weighted by Gasteiger charge is 2.16. The summed E-state index contributed by atoms with van der Waals surface area (Å²) in [5.74, 6) is 1.41. The van der Waals surface area contributed by atoms with Gasteiger partial charge in [0.25, 0.3) is 0 Å². The van der Waals surface area contributed by atoms with E-state index in [9.17, 15) is 8.42 Å². The Hall–Kier alpha value is -2.02. The molecule has 0 amide bonds. The van der Waals surface area contributed by atoms with Crippen molar-refractivity contribution in [3.05, 3.63) is 36.2 Å². The average Bonchev–Trinajstić information content (AvgIpc) is 2.87. The Labute approximate surface area is 116 Å². The fourth-order valence-electron chi connectivity index (χ4n) is 2.13. The zero-order chi connectivity index (χ0) is 14.2. The summed E-state index contributed by atoms with van der Waals surface area (Å²) >= 11 is 0. The van der Waals surface area contributed by atoms with Crippen LogP contribution in [0.1, 0.15) is 5.56 Å². The Kier molecular flexibility index (Phi) is 3.13. The van der Waals surface area contributed by atoms with Gasteiger partial charge < -0.3 is 14.0 Å².